The minimum atomic E-state index is -4.67. The first-order valence-electron chi connectivity index (χ1n) is 16.0. The normalized spacial score (nSPS) is 10.6. The molecular formula is C35H33F8N5O11S2. The second kappa shape index (κ2) is 24.2. The average Bonchev–Trinajstić information content (AvgIpc) is 3.20. The predicted molar refractivity (Wildman–Crippen MR) is 204 cm³/mol. The van der Waals surface area contributed by atoms with Gasteiger partial charge in [0.1, 0.15) is 17.4 Å². The number of nitrogen functional groups attached to an aromatic ring is 1. The van der Waals surface area contributed by atoms with Crippen LogP contribution in [0.2, 0.25) is 0 Å². The van der Waals surface area contributed by atoms with E-state index in [4.69, 9.17) is 38.6 Å². The molecule has 8 N–H and O–H groups in total. The van der Waals surface area contributed by atoms with Crippen LogP contribution in [0.3, 0.4) is 0 Å². The molecule has 0 atom stereocenters. The fourth-order valence-electron chi connectivity index (χ4n) is 3.94. The van der Waals surface area contributed by atoms with E-state index in [1.54, 1.807) is 19.3 Å². The molecule has 6 rings (SSSR count). The number of pyridine rings is 2. The zero-order chi connectivity index (χ0) is 46.8. The Hall–Kier alpha value is -6.16. The lowest BCUT2D eigenvalue weighted by atomic mass is 10.1. The lowest BCUT2D eigenvalue weighted by Gasteiger charge is -2.06. The van der Waals surface area contributed by atoms with Crippen LogP contribution in [0.4, 0.5) is 52.2 Å². The number of aliphatic hydroxyl groups is 3. The molecular weight excluding hydrogens is 883 g/mol. The molecule has 0 amide bonds. The molecule has 0 spiro atoms. The second-order valence-corrected chi connectivity index (χ2v) is 14.1. The van der Waals surface area contributed by atoms with E-state index >= 15 is 0 Å². The van der Waals surface area contributed by atoms with Gasteiger partial charge >= 0.3 is 10.4 Å². The number of nitrogens with zero attached hydrogens (tertiary/aromatic N) is 3. The van der Waals surface area contributed by atoms with Crippen LogP contribution in [0.25, 0.3) is 21.8 Å². The highest BCUT2D eigenvalue weighted by Gasteiger charge is 2.14. The lowest BCUT2D eigenvalue weighted by molar-refractivity contribution is -0.385. The molecule has 0 aliphatic rings. The van der Waals surface area contributed by atoms with Crippen LogP contribution in [-0.4, -0.2) is 88.8 Å². The minimum Gasteiger partial charge on any atom is -0.396 e. The standard InChI is InChI=1S/C10H8F2N2.C9H4F3N.C7H7NO4S.C6H4F3N.C3H8O3.H2O4S/c1-13-8-5-7(11)9(12)6-3-2-4-14-10(6)8;10-6-4-7(11)9-5(8(6)12)2-1-3-13-9;1-13(11,12)7-4-2-3-6(5-7)8(9)10;7-3-1-5(9)6(10)2-4(3)8;4-1-3(6)2-5;1-5(2,3)4/h2-5,13H,1H3;1-4H;2-5H,1H3;1-2H,10H2;3-6H,1-2H2;(H2,1,2,3,4). The SMILES string of the molecule is CNc1cc(F)c(F)c2cccnc12.CS(=O)(=O)c1cccc([N+](=O)[O-])c1.Fc1cc(F)c2ncccc2c1F.Nc1cc(F)c(F)cc1F.O=S(=O)(O)O.OCC(O)CO. The van der Waals surface area contributed by atoms with Gasteiger partial charge in [-0.25, -0.2) is 43.5 Å². The van der Waals surface area contributed by atoms with Gasteiger partial charge in [-0.2, -0.15) is 8.42 Å². The van der Waals surface area contributed by atoms with E-state index in [9.17, 15) is 53.7 Å². The van der Waals surface area contributed by atoms with Crippen LogP contribution in [0.1, 0.15) is 0 Å². The molecule has 61 heavy (non-hydrogen) atoms. The Labute approximate surface area is 340 Å². The van der Waals surface area contributed by atoms with E-state index in [2.05, 4.69) is 15.3 Å². The maximum Gasteiger partial charge on any atom is 0.394 e. The third-order valence-electron chi connectivity index (χ3n) is 6.70. The van der Waals surface area contributed by atoms with Crippen LogP contribution in [0.15, 0.2) is 90.1 Å². The predicted octanol–water partition coefficient (Wildman–Crippen LogP) is 5.57. The van der Waals surface area contributed by atoms with Gasteiger partial charge in [0.05, 0.1) is 39.9 Å². The molecule has 6 aromatic rings. The number of anilines is 2. The summed E-state index contributed by atoms with van der Waals surface area (Å²) < 4.78 is 155. The van der Waals surface area contributed by atoms with Crippen molar-refractivity contribution in [2.24, 2.45) is 0 Å². The van der Waals surface area contributed by atoms with Crippen molar-refractivity contribution in [2.75, 3.05) is 37.6 Å². The van der Waals surface area contributed by atoms with E-state index in [0.717, 1.165) is 18.4 Å². The van der Waals surface area contributed by atoms with Crippen LogP contribution in [0.5, 0.6) is 0 Å². The number of hydrogen-bond acceptors (Lipinski definition) is 13. The molecule has 4 aromatic carbocycles. The largest absolute Gasteiger partial charge is 0.396 e. The quantitative estimate of drug-likeness (QED) is 0.0278. The Balaban J connectivity index is 0.000000378. The molecule has 332 valence electrons. The average molecular weight is 916 g/mol. The van der Waals surface area contributed by atoms with Gasteiger partial charge in [0.25, 0.3) is 5.69 Å². The number of sulfone groups is 1. The van der Waals surface area contributed by atoms with Gasteiger partial charge in [-0.3, -0.25) is 29.2 Å². The molecule has 0 aliphatic carbocycles. The van der Waals surface area contributed by atoms with Gasteiger partial charge < -0.3 is 26.4 Å². The van der Waals surface area contributed by atoms with Crippen molar-refractivity contribution < 1.29 is 81.3 Å². The molecule has 0 unspecified atom stereocenters. The van der Waals surface area contributed by atoms with Crippen molar-refractivity contribution in [3.05, 3.63) is 142 Å². The highest BCUT2D eigenvalue weighted by molar-refractivity contribution is 7.90. The molecule has 2 heterocycles. The van der Waals surface area contributed by atoms with Crippen molar-refractivity contribution >= 4 is 59.1 Å². The monoisotopic (exact) mass is 915 g/mol. The second-order valence-electron chi connectivity index (χ2n) is 11.2. The minimum absolute atomic E-state index is 0.0401. The van der Waals surface area contributed by atoms with E-state index in [0.29, 0.717) is 29.4 Å². The Morgan fingerprint density at radius 3 is 1.61 bits per heavy atom. The maximum absolute atomic E-state index is 13.3. The fraction of sp³-hybridized carbons (Fsp3) is 0.143. The molecule has 0 fully saturated rings. The van der Waals surface area contributed by atoms with Gasteiger partial charge in [0.2, 0.25) is 0 Å². The number of fused-ring (bicyclic) bond motifs is 2. The van der Waals surface area contributed by atoms with E-state index in [1.165, 1.54) is 42.6 Å². The smallest absolute Gasteiger partial charge is 0.394 e. The zero-order valence-electron chi connectivity index (χ0n) is 31.0. The Bertz CT molecular complexity index is 2590. The first-order chi connectivity index (χ1) is 28.3. The summed E-state index contributed by atoms with van der Waals surface area (Å²) >= 11 is 0. The number of rotatable bonds is 5. The molecule has 0 aliphatic heterocycles. The summed E-state index contributed by atoms with van der Waals surface area (Å²) in [5, 5.41) is 37.1. The molecule has 16 nitrogen and oxygen atoms in total. The van der Waals surface area contributed by atoms with Crippen molar-refractivity contribution in [1.82, 2.24) is 9.97 Å². The van der Waals surface area contributed by atoms with E-state index in [1.807, 2.05) is 0 Å². The Morgan fingerprint density at radius 2 is 1.16 bits per heavy atom. The summed E-state index contributed by atoms with van der Waals surface area (Å²) in [7, 11) is -6.39. The number of halogens is 8. The summed E-state index contributed by atoms with van der Waals surface area (Å²) in [5.41, 5.74) is 5.07. The van der Waals surface area contributed by atoms with Crippen molar-refractivity contribution in [1.29, 1.82) is 0 Å². The Morgan fingerprint density at radius 1 is 0.705 bits per heavy atom. The number of aliphatic hydroxyl groups excluding tert-OH is 3. The number of benzene rings is 4. The van der Waals surface area contributed by atoms with Crippen molar-refractivity contribution in [2.45, 2.75) is 11.0 Å². The van der Waals surface area contributed by atoms with Gasteiger partial charge in [-0.1, -0.05) is 6.07 Å². The third kappa shape index (κ3) is 17.9. The number of hydrogen-bond donors (Lipinski definition) is 7. The van der Waals surface area contributed by atoms with Crippen LogP contribution in [-0.2, 0) is 20.2 Å². The molecule has 0 saturated heterocycles. The third-order valence-corrected chi connectivity index (χ3v) is 7.81. The first-order valence-corrected chi connectivity index (χ1v) is 19.3. The summed E-state index contributed by atoms with van der Waals surface area (Å²) in [6, 6.07) is 13.3. The molecule has 0 saturated carbocycles. The van der Waals surface area contributed by atoms with Crippen LogP contribution < -0.4 is 11.1 Å². The summed E-state index contributed by atoms with van der Waals surface area (Å²) in [4.78, 5) is 17.2. The summed E-state index contributed by atoms with van der Waals surface area (Å²) in [6.07, 6.45) is 2.92. The van der Waals surface area contributed by atoms with Gasteiger partial charge in [0.15, 0.2) is 50.6 Å². The van der Waals surface area contributed by atoms with Crippen molar-refractivity contribution in [3.8, 4) is 0 Å². The highest BCUT2D eigenvalue weighted by atomic mass is 32.3. The summed E-state index contributed by atoms with van der Waals surface area (Å²) in [5.74, 6) is -8.15. The van der Waals surface area contributed by atoms with Gasteiger partial charge in [-0.05, 0) is 30.3 Å². The summed E-state index contributed by atoms with van der Waals surface area (Å²) in [6.45, 7) is -0.729. The van der Waals surface area contributed by atoms with Crippen LogP contribution in [0, 0.1) is 56.7 Å². The van der Waals surface area contributed by atoms with Crippen LogP contribution >= 0.6 is 0 Å². The number of nitrogens with one attached hydrogen (secondary N) is 1. The number of nitro benzene ring substituents is 1. The lowest BCUT2D eigenvalue weighted by Crippen LogP contribution is -2.15. The van der Waals surface area contributed by atoms with Crippen molar-refractivity contribution in [3.63, 3.8) is 0 Å². The van der Waals surface area contributed by atoms with E-state index in [-0.39, 0.29) is 45.8 Å². The first kappa shape index (κ1) is 52.9. The number of aromatic nitrogens is 2. The molecule has 0 bridgehead atoms. The topological polar surface area (TPSA) is 276 Å². The molecule has 2 aromatic heterocycles. The zero-order valence-corrected chi connectivity index (χ0v) is 32.7. The number of non-ortho nitro benzene ring substituents is 1. The van der Waals surface area contributed by atoms with E-state index < -0.39 is 77.8 Å². The fourth-order valence-corrected chi connectivity index (χ4v) is 4.60. The molecule has 26 heteroatoms. The number of nitro groups is 1. The van der Waals surface area contributed by atoms with Gasteiger partial charge in [0, 0.05) is 72.9 Å². The van der Waals surface area contributed by atoms with Gasteiger partial charge in [-0.15, -0.1) is 0 Å². The molecule has 0 radical (unpaired) electrons. The Kier molecular flexibility index (Phi) is 21.0. The highest BCUT2D eigenvalue weighted by Crippen LogP contribution is 2.26. The maximum atomic E-state index is 13.3. The number of nitrogens with two attached hydrogens (primary N) is 1.